The van der Waals surface area contributed by atoms with Gasteiger partial charge in [0.15, 0.2) is 5.13 Å². The lowest BCUT2D eigenvalue weighted by Gasteiger charge is -2.15. The summed E-state index contributed by atoms with van der Waals surface area (Å²) in [7, 11) is 2.09. The molecule has 14 heavy (non-hydrogen) atoms. The predicted octanol–water partition coefficient (Wildman–Crippen LogP) is 1.75. The summed E-state index contributed by atoms with van der Waals surface area (Å²) in [6.07, 6.45) is 1.03. The first kappa shape index (κ1) is 11.5. The molecule has 80 valence electrons. The van der Waals surface area contributed by atoms with Crippen molar-refractivity contribution in [1.82, 2.24) is 10.3 Å². The molecule has 0 fully saturated rings. The number of nitrogens with zero attached hydrogens (tertiary/aromatic N) is 2. The van der Waals surface area contributed by atoms with Crippen LogP contribution in [0.5, 0.6) is 0 Å². The lowest BCUT2D eigenvalue weighted by Crippen LogP contribution is -2.28. The van der Waals surface area contributed by atoms with E-state index in [4.69, 9.17) is 0 Å². The molecule has 0 aliphatic carbocycles. The van der Waals surface area contributed by atoms with Crippen molar-refractivity contribution < 1.29 is 0 Å². The number of hydrogen-bond donors (Lipinski definition) is 1. The summed E-state index contributed by atoms with van der Waals surface area (Å²) in [5.74, 6) is 0. The first-order valence-electron chi connectivity index (χ1n) is 5.14. The molecule has 1 rings (SSSR count). The fraction of sp³-hybridized carbons (Fsp3) is 0.700. The second-order valence-electron chi connectivity index (χ2n) is 3.25. The highest BCUT2D eigenvalue weighted by Crippen LogP contribution is 2.18. The van der Waals surface area contributed by atoms with Crippen LogP contribution in [0.3, 0.4) is 0 Å². The maximum Gasteiger partial charge on any atom is 0.185 e. The molecule has 3 nitrogen and oxygen atoms in total. The van der Waals surface area contributed by atoms with E-state index >= 15 is 0 Å². The average Bonchev–Trinajstić information content (AvgIpc) is 2.66. The van der Waals surface area contributed by atoms with Crippen molar-refractivity contribution in [2.45, 2.75) is 20.3 Å². The van der Waals surface area contributed by atoms with Gasteiger partial charge in [-0.15, -0.1) is 11.3 Å². The topological polar surface area (TPSA) is 28.2 Å². The van der Waals surface area contributed by atoms with Gasteiger partial charge in [0.2, 0.25) is 0 Å². The van der Waals surface area contributed by atoms with Gasteiger partial charge in [0.1, 0.15) is 0 Å². The second kappa shape index (κ2) is 5.98. The smallest absolute Gasteiger partial charge is 0.185 e. The van der Waals surface area contributed by atoms with Crippen LogP contribution in [0.25, 0.3) is 0 Å². The van der Waals surface area contributed by atoms with Crippen LogP contribution in [0, 0.1) is 0 Å². The fourth-order valence-corrected chi connectivity index (χ4v) is 2.06. The van der Waals surface area contributed by atoms with Crippen molar-refractivity contribution >= 4 is 16.5 Å². The molecule has 0 aliphatic rings. The molecule has 1 aromatic rings. The molecule has 0 atom stereocenters. The summed E-state index contributed by atoms with van der Waals surface area (Å²) in [6.45, 7) is 7.33. The Morgan fingerprint density at radius 1 is 1.50 bits per heavy atom. The number of nitrogens with one attached hydrogen (secondary N) is 1. The minimum Gasteiger partial charge on any atom is -0.350 e. The third-order valence-electron chi connectivity index (χ3n) is 2.10. The van der Waals surface area contributed by atoms with E-state index in [1.807, 2.05) is 0 Å². The normalized spacial score (nSPS) is 10.5. The van der Waals surface area contributed by atoms with Gasteiger partial charge in [0.25, 0.3) is 0 Å². The molecular weight excluding hydrogens is 194 g/mol. The summed E-state index contributed by atoms with van der Waals surface area (Å²) in [4.78, 5) is 6.72. The van der Waals surface area contributed by atoms with Crippen molar-refractivity contribution in [2.75, 3.05) is 31.6 Å². The van der Waals surface area contributed by atoms with E-state index in [1.165, 1.54) is 5.69 Å². The molecule has 0 bridgehead atoms. The van der Waals surface area contributed by atoms with Gasteiger partial charge in [-0.05, 0) is 13.0 Å². The van der Waals surface area contributed by atoms with Crippen LogP contribution in [-0.2, 0) is 6.42 Å². The third-order valence-corrected chi connectivity index (χ3v) is 3.11. The zero-order valence-corrected chi connectivity index (χ0v) is 10.0. The largest absolute Gasteiger partial charge is 0.350 e. The van der Waals surface area contributed by atoms with Gasteiger partial charge in [0, 0.05) is 25.5 Å². The number of aromatic nitrogens is 1. The lowest BCUT2D eigenvalue weighted by atomic mass is 10.4. The van der Waals surface area contributed by atoms with Gasteiger partial charge in [-0.2, -0.15) is 0 Å². The van der Waals surface area contributed by atoms with Crippen molar-refractivity contribution in [2.24, 2.45) is 0 Å². The SMILES string of the molecule is CCNCCN(C)c1nc(CC)cs1. The molecule has 1 heterocycles. The van der Waals surface area contributed by atoms with Gasteiger partial charge in [-0.1, -0.05) is 13.8 Å². The van der Waals surface area contributed by atoms with Crippen molar-refractivity contribution in [1.29, 1.82) is 0 Å². The Hall–Kier alpha value is -0.610. The highest BCUT2D eigenvalue weighted by molar-refractivity contribution is 7.13. The van der Waals surface area contributed by atoms with Crippen LogP contribution >= 0.6 is 11.3 Å². The van der Waals surface area contributed by atoms with Crippen LogP contribution in [-0.4, -0.2) is 31.7 Å². The molecular formula is C10H19N3S. The Kier molecular flexibility index (Phi) is 4.90. The number of hydrogen-bond acceptors (Lipinski definition) is 4. The minimum atomic E-state index is 1.02. The van der Waals surface area contributed by atoms with E-state index in [9.17, 15) is 0 Å². The fourth-order valence-electron chi connectivity index (χ4n) is 1.15. The van der Waals surface area contributed by atoms with Crippen LogP contribution in [0.1, 0.15) is 19.5 Å². The van der Waals surface area contributed by atoms with Crippen LogP contribution in [0.4, 0.5) is 5.13 Å². The Morgan fingerprint density at radius 2 is 2.29 bits per heavy atom. The summed E-state index contributed by atoms with van der Waals surface area (Å²) < 4.78 is 0. The van der Waals surface area contributed by atoms with E-state index in [-0.39, 0.29) is 0 Å². The van der Waals surface area contributed by atoms with Crippen LogP contribution in [0.15, 0.2) is 5.38 Å². The maximum absolute atomic E-state index is 4.52. The molecule has 0 spiro atoms. The number of rotatable bonds is 6. The van der Waals surface area contributed by atoms with Gasteiger partial charge in [-0.3, -0.25) is 0 Å². The Morgan fingerprint density at radius 3 is 2.86 bits per heavy atom. The van der Waals surface area contributed by atoms with Gasteiger partial charge in [0.05, 0.1) is 5.69 Å². The zero-order chi connectivity index (χ0) is 10.4. The molecule has 0 amide bonds. The predicted molar refractivity (Wildman–Crippen MR) is 63.3 cm³/mol. The van der Waals surface area contributed by atoms with E-state index in [2.05, 4.69) is 41.5 Å². The summed E-state index contributed by atoms with van der Waals surface area (Å²) >= 11 is 1.73. The average molecular weight is 213 g/mol. The van der Waals surface area contributed by atoms with Gasteiger partial charge in [-0.25, -0.2) is 4.98 Å². The molecule has 0 aromatic carbocycles. The summed E-state index contributed by atoms with van der Waals surface area (Å²) in [5.41, 5.74) is 1.19. The lowest BCUT2D eigenvalue weighted by molar-refractivity contribution is 0.705. The van der Waals surface area contributed by atoms with Crippen LogP contribution < -0.4 is 10.2 Å². The molecule has 0 radical (unpaired) electrons. The first-order chi connectivity index (χ1) is 6.77. The molecule has 0 unspecified atom stereocenters. The molecule has 0 saturated heterocycles. The Balaban J connectivity index is 2.39. The standard InChI is InChI=1S/C10H19N3S/c1-4-9-8-14-10(12-9)13(3)7-6-11-5-2/h8,11H,4-7H2,1-3H3. The monoisotopic (exact) mass is 213 g/mol. The van der Waals surface area contributed by atoms with Crippen LogP contribution in [0.2, 0.25) is 0 Å². The van der Waals surface area contributed by atoms with E-state index in [0.717, 1.165) is 31.2 Å². The first-order valence-corrected chi connectivity index (χ1v) is 6.02. The Labute approximate surface area is 90.2 Å². The van der Waals surface area contributed by atoms with Crippen molar-refractivity contribution in [3.8, 4) is 0 Å². The van der Waals surface area contributed by atoms with E-state index in [1.54, 1.807) is 11.3 Å². The van der Waals surface area contributed by atoms with Crippen molar-refractivity contribution in [3.05, 3.63) is 11.1 Å². The number of likely N-dealkylation sites (N-methyl/N-ethyl adjacent to an activating group) is 2. The van der Waals surface area contributed by atoms with Gasteiger partial charge < -0.3 is 10.2 Å². The van der Waals surface area contributed by atoms with Crippen molar-refractivity contribution in [3.63, 3.8) is 0 Å². The number of aryl methyl sites for hydroxylation is 1. The minimum absolute atomic E-state index is 1.02. The maximum atomic E-state index is 4.52. The molecule has 1 aromatic heterocycles. The Bertz CT molecular complexity index is 260. The quantitative estimate of drug-likeness (QED) is 0.730. The number of anilines is 1. The molecule has 0 saturated carbocycles. The molecule has 0 aliphatic heterocycles. The van der Waals surface area contributed by atoms with Gasteiger partial charge >= 0.3 is 0 Å². The second-order valence-corrected chi connectivity index (χ2v) is 4.09. The number of thiazole rings is 1. The molecule has 4 heteroatoms. The van der Waals surface area contributed by atoms with E-state index < -0.39 is 0 Å². The summed E-state index contributed by atoms with van der Waals surface area (Å²) in [5, 5.41) is 6.57. The van der Waals surface area contributed by atoms with E-state index in [0.29, 0.717) is 0 Å². The third kappa shape index (κ3) is 3.27. The summed E-state index contributed by atoms with van der Waals surface area (Å²) in [6, 6.07) is 0. The molecule has 1 N–H and O–H groups in total. The highest BCUT2D eigenvalue weighted by Gasteiger charge is 2.04. The zero-order valence-electron chi connectivity index (χ0n) is 9.21. The highest BCUT2D eigenvalue weighted by atomic mass is 32.1.